The Bertz CT molecular complexity index is 894. The summed E-state index contributed by atoms with van der Waals surface area (Å²) in [5, 5.41) is 7.40. The fraction of sp³-hybridized carbons (Fsp3) is 0.353. The van der Waals surface area contributed by atoms with Crippen molar-refractivity contribution in [3.63, 3.8) is 0 Å². The smallest absolute Gasteiger partial charge is 0.387 e. The first-order valence-corrected chi connectivity index (χ1v) is 8.14. The number of anilines is 1. The molecule has 0 unspecified atom stereocenters. The molecule has 2 heterocycles. The zero-order chi connectivity index (χ0) is 18.3. The highest BCUT2D eigenvalue weighted by molar-refractivity contribution is 5.99. The number of halogens is 2. The highest BCUT2D eigenvalue weighted by Gasteiger charge is 2.36. The van der Waals surface area contributed by atoms with Gasteiger partial charge in [0.25, 0.3) is 0 Å². The predicted molar refractivity (Wildman–Crippen MR) is 87.3 cm³/mol. The van der Waals surface area contributed by atoms with Gasteiger partial charge in [-0.15, -0.1) is 0 Å². The molecule has 7 nitrogen and oxygen atoms in total. The van der Waals surface area contributed by atoms with Gasteiger partial charge >= 0.3 is 6.61 Å². The zero-order valence-electron chi connectivity index (χ0n) is 13.9. The molecule has 1 atom stereocenters. The van der Waals surface area contributed by atoms with E-state index in [1.54, 1.807) is 16.8 Å². The Labute approximate surface area is 147 Å². The maximum absolute atomic E-state index is 12.6. The average Bonchev–Trinajstić information content (AvgIpc) is 3.08. The second kappa shape index (κ2) is 6.40. The lowest BCUT2D eigenvalue weighted by Gasteiger charge is -2.32. The summed E-state index contributed by atoms with van der Waals surface area (Å²) in [5.41, 5.74) is 2.14. The Balaban J connectivity index is 1.83. The molecule has 136 valence electrons. The number of hydrogen-bond donors (Lipinski definition) is 1. The van der Waals surface area contributed by atoms with Gasteiger partial charge in [0.05, 0.1) is 7.11 Å². The number of ether oxygens (including phenoxy) is 2. The van der Waals surface area contributed by atoms with Gasteiger partial charge in [-0.05, 0) is 30.5 Å². The van der Waals surface area contributed by atoms with Crippen molar-refractivity contribution in [1.82, 2.24) is 14.8 Å². The van der Waals surface area contributed by atoms with Gasteiger partial charge in [0.15, 0.2) is 17.3 Å². The van der Waals surface area contributed by atoms with Crippen LogP contribution in [0, 0.1) is 0 Å². The summed E-state index contributed by atoms with van der Waals surface area (Å²) in [7, 11) is 1.37. The molecule has 1 aliphatic carbocycles. The maximum atomic E-state index is 12.6. The fourth-order valence-electron chi connectivity index (χ4n) is 3.45. The monoisotopic (exact) mass is 362 g/mol. The molecule has 1 aromatic carbocycles. The lowest BCUT2D eigenvalue weighted by Crippen LogP contribution is -2.31. The molecule has 0 bridgehead atoms. The first-order chi connectivity index (χ1) is 12.6. The van der Waals surface area contributed by atoms with Crippen LogP contribution in [0.15, 0.2) is 35.8 Å². The van der Waals surface area contributed by atoms with Gasteiger partial charge in [-0.3, -0.25) is 4.79 Å². The number of ketones is 1. The van der Waals surface area contributed by atoms with Gasteiger partial charge in [-0.2, -0.15) is 18.9 Å². The Kier molecular flexibility index (Phi) is 4.06. The molecule has 4 rings (SSSR count). The first kappa shape index (κ1) is 16.5. The molecule has 1 aliphatic heterocycles. The molecule has 1 N–H and O–H groups in total. The third kappa shape index (κ3) is 2.69. The summed E-state index contributed by atoms with van der Waals surface area (Å²) in [4.78, 5) is 16.8. The van der Waals surface area contributed by atoms with E-state index in [0.29, 0.717) is 23.5 Å². The van der Waals surface area contributed by atoms with Crippen molar-refractivity contribution in [1.29, 1.82) is 0 Å². The van der Waals surface area contributed by atoms with Crippen LogP contribution in [0.25, 0.3) is 0 Å². The van der Waals surface area contributed by atoms with Crippen LogP contribution < -0.4 is 14.8 Å². The molecule has 0 saturated carbocycles. The number of alkyl halides is 2. The van der Waals surface area contributed by atoms with Crippen LogP contribution in [-0.4, -0.2) is 34.3 Å². The quantitative estimate of drug-likeness (QED) is 0.901. The van der Waals surface area contributed by atoms with Crippen LogP contribution in [0.1, 0.15) is 30.9 Å². The fourth-order valence-corrected chi connectivity index (χ4v) is 3.45. The molecule has 0 saturated heterocycles. The molecule has 9 heteroatoms. The molecule has 2 aliphatic rings. The Morgan fingerprint density at radius 1 is 1.31 bits per heavy atom. The van der Waals surface area contributed by atoms with E-state index in [0.717, 1.165) is 18.5 Å². The van der Waals surface area contributed by atoms with Crippen LogP contribution in [0.3, 0.4) is 0 Å². The number of hydrogen-bond acceptors (Lipinski definition) is 6. The summed E-state index contributed by atoms with van der Waals surface area (Å²) in [6.07, 6.45) is 3.39. The van der Waals surface area contributed by atoms with Crippen LogP contribution in [0.2, 0.25) is 0 Å². The number of Topliss-reactive ketones (excluding diaryl/α,β-unsaturated/α-hetero) is 1. The van der Waals surface area contributed by atoms with E-state index in [-0.39, 0.29) is 17.3 Å². The summed E-state index contributed by atoms with van der Waals surface area (Å²) in [6, 6.07) is 4.14. The van der Waals surface area contributed by atoms with E-state index in [2.05, 4.69) is 20.1 Å². The van der Waals surface area contributed by atoms with Crippen LogP contribution >= 0.6 is 0 Å². The lowest BCUT2D eigenvalue weighted by molar-refractivity contribution is -0.116. The first-order valence-electron chi connectivity index (χ1n) is 8.14. The standard InChI is InChI=1S/C17H16F2N4O3/c1-25-13-7-9(5-6-12(13)26-16(18)19)15-14-10(3-2-4-11(14)24)22-17-20-8-21-23(15)17/h5-8,15-16H,2-4H2,1H3,(H,20,21,22)/t15-/m0/s1. The largest absolute Gasteiger partial charge is 0.493 e. The Morgan fingerprint density at radius 3 is 2.92 bits per heavy atom. The van der Waals surface area contributed by atoms with Crippen molar-refractivity contribution in [2.75, 3.05) is 12.4 Å². The number of nitrogens with zero attached hydrogens (tertiary/aromatic N) is 3. The number of rotatable bonds is 4. The van der Waals surface area contributed by atoms with Crippen molar-refractivity contribution in [2.24, 2.45) is 0 Å². The molecule has 1 aromatic heterocycles. The van der Waals surface area contributed by atoms with Crippen molar-refractivity contribution in [2.45, 2.75) is 31.9 Å². The van der Waals surface area contributed by atoms with Crippen LogP contribution in [0.5, 0.6) is 11.5 Å². The second-order valence-corrected chi connectivity index (χ2v) is 6.01. The van der Waals surface area contributed by atoms with Gasteiger partial charge in [-0.25, -0.2) is 4.68 Å². The second-order valence-electron chi connectivity index (χ2n) is 6.01. The van der Waals surface area contributed by atoms with E-state index in [4.69, 9.17) is 4.74 Å². The van der Waals surface area contributed by atoms with Crippen molar-refractivity contribution in [3.8, 4) is 11.5 Å². The number of allylic oxidation sites excluding steroid dienone is 2. The summed E-state index contributed by atoms with van der Waals surface area (Å²) < 4.78 is 36.4. The number of carbonyl (C=O) groups excluding carboxylic acids is 1. The maximum Gasteiger partial charge on any atom is 0.387 e. The van der Waals surface area contributed by atoms with Crippen molar-refractivity contribution in [3.05, 3.63) is 41.4 Å². The van der Waals surface area contributed by atoms with Gasteiger partial charge < -0.3 is 14.8 Å². The summed E-state index contributed by atoms with van der Waals surface area (Å²) >= 11 is 0. The third-order valence-corrected chi connectivity index (χ3v) is 4.53. The van der Waals surface area contributed by atoms with E-state index in [9.17, 15) is 13.6 Å². The Hall–Kier alpha value is -2.97. The van der Waals surface area contributed by atoms with E-state index in [1.807, 2.05) is 0 Å². The molecule has 0 radical (unpaired) electrons. The lowest BCUT2D eigenvalue weighted by atomic mass is 9.85. The summed E-state index contributed by atoms with van der Waals surface area (Å²) in [6.45, 7) is -2.95. The molecule has 0 amide bonds. The number of aromatic nitrogens is 3. The summed E-state index contributed by atoms with van der Waals surface area (Å²) in [5.74, 6) is 0.670. The topological polar surface area (TPSA) is 78.3 Å². The average molecular weight is 362 g/mol. The molecule has 0 spiro atoms. The number of nitrogens with one attached hydrogen (secondary N) is 1. The Morgan fingerprint density at radius 2 is 2.15 bits per heavy atom. The number of carbonyl (C=O) groups is 1. The molecule has 2 aromatic rings. The molecular formula is C17H16F2N4O3. The molecule has 26 heavy (non-hydrogen) atoms. The number of methoxy groups -OCH3 is 1. The highest BCUT2D eigenvalue weighted by Crippen LogP contribution is 2.41. The van der Waals surface area contributed by atoms with Gasteiger partial charge in [0.2, 0.25) is 5.95 Å². The van der Waals surface area contributed by atoms with E-state index < -0.39 is 12.7 Å². The minimum Gasteiger partial charge on any atom is -0.493 e. The van der Waals surface area contributed by atoms with Crippen molar-refractivity contribution >= 4 is 11.7 Å². The number of fused-ring (bicyclic) bond motifs is 1. The van der Waals surface area contributed by atoms with Gasteiger partial charge in [0.1, 0.15) is 12.4 Å². The van der Waals surface area contributed by atoms with E-state index >= 15 is 0 Å². The van der Waals surface area contributed by atoms with Crippen LogP contribution in [-0.2, 0) is 4.79 Å². The molecular weight excluding hydrogens is 346 g/mol. The predicted octanol–water partition coefficient (Wildman–Crippen LogP) is 2.91. The van der Waals surface area contributed by atoms with Crippen LogP contribution in [0.4, 0.5) is 14.7 Å². The van der Waals surface area contributed by atoms with E-state index in [1.165, 1.54) is 19.5 Å². The normalized spacial score (nSPS) is 19.1. The molecule has 0 fully saturated rings. The highest BCUT2D eigenvalue weighted by atomic mass is 19.3. The SMILES string of the molecule is COc1cc([C@H]2C3=C(CCCC3=O)Nc3ncnn32)ccc1OC(F)F. The van der Waals surface area contributed by atoms with Gasteiger partial charge in [-0.1, -0.05) is 6.07 Å². The minimum absolute atomic E-state index is 0.0387. The zero-order valence-corrected chi connectivity index (χ0v) is 13.9. The minimum atomic E-state index is -2.95. The van der Waals surface area contributed by atoms with Crippen molar-refractivity contribution < 1.29 is 23.0 Å². The third-order valence-electron chi connectivity index (χ3n) is 4.53. The van der Waals surface area contributed by atoms with Gasteiger partial charge in [0, 0.05) is 17.7 Å². The number of benzene rings is 1.